The maximum absolute atomic E-state index is 12.3. The number of nitrogens with zero attached hydrogens (tertiary/aromatic N) is 2. The van der Waals surface area contributed by atoms with Crippen molar-refractivity contribution in [2.75, 3.05) is 10.2 Å². The molecule has 0 saturated carbocycles. The van der Waals surface area contributed by atoms with Crippen LogP contribution in [0.4, 0.5) is 22.0 Å². The first-order chi connectivity index (χ1) is 12.0. The van der Waals surface area contributed by atoms with E-state index in [1.54, 1.807) is 41.3 Å². The van der Waals surface area contributed by atoms with Crippen LogP contribution in [-0.4, -0.2) is 16.9 Å². The predicted molar refractivity (Wildman–Crippen MR) is 98.1 cm³/mol. The van der Waals surface area contributed by atoms with Crippen LogP contribution in [0.25, 0.3) is 0 Å². The van der Waals surface area contributed by atoms with E-state index in [1.807, 2.05) is 13.8 Å². The lowest BCUT2D eigenvalue weighted by Crippen LogP contribution is -2.41. The van der Waals surface area contributed by atoms with Gasteiger partial charge in [0.1, 0.15) is 5.82 Å². The molecule has 0 bridgehead atoms. The molecular weight excluding hydrogens is 340 g/mol. The van der Waals surface area contributed by atoms with Gasteiger partial charge in [0.15, 0.2) is 0 Å². The van der Waals surface area contributed by atoms with Crippen molar-refractivity contribution in [2.45, 2.75) is 26.8 Å². The summed E-state index contributed by atoms with van der Waals surface area (Å²) in [6.45, 7) is 4.14. The van der Waals surface area contributed by atoms with Crippen LogP contribution in [-0.2, 0) is 11.3 Å². The molecule has 0 unspecified atom stereocenters. The summed E-state index contributed by atoms with van der Waals surface area (Å²) in [6.07, 6.45) is 0.761. The third-order valence-corrected chi connectivity index (χ3v) is 4.45. The highest BCUT2D eigenvalue weighted by Gasteiger charge is 2.26. The quantitative estimate of drug-likeness (QED) is 0.864. The summed E-state index contributed by atoms with van der Waals surface area (Å²) in [4.78, 5) is 30.4. The van der Waals surface area contributed by atoms with Crippen molar-refractivity contribution in [3.63, 3.8) is 0 Å². The maximum Gasteiger partial charge on any atom is 0.326 e. The van der Waals surface area contributed by atoms with Crippen LogP contribution in [0.5, 0.6) is 0 Å². The number of carbonyl (C=O) groups is 2. The van der Waals surface area contributed by atoms with Crippen molar-refractivity contribution in [2.24, 2.45) is 5.92 Å². The fraction of sp³-hybridized carbons (Fsp3) is 0.278. The van der Waals surface area contributed by atoms with Crippen LogP contribution < -0.4 is 15.5 Å². The third-order valence-electron chi connectivity index (χ3n) is 4.20. The van der Waals surface area contributed by atoms with E-state index in [0.29, 0.717) is 34.5 Å². The Hall–Kier alpha value is -2.60. The molecule has 6 nitrogen and oxygen atoms in total. The first kappa shape index (κ1) is 17.2. The van der Waals surface area contributed by atoms with Crippen LogP contribution in [0.15, 0.2) is 36.4 Å². The Kier molecular flexibility index (Phi) is 4.90. The normalized spacial score (nSPS) is 14.5. The summed E-state index contributed by atoms with van der Waals surface area (Å²) in [5.74, 6) is 0.337. The van der Waals surface area contributed by atoms with Crippen LogP contribution in [0.3, 0.4) is 0 Å². The number of nitrogens with one attached hydrogen (secondary N) is 2. The summed E-state index contributed by atoms with van der Waals surface area (Å²) in [6, 6.07) is 10.3. The summed E-state index contributed by atoms with van der Waals surface area (Å²) in [7, 11) is 0. The molecule has 0 spiro atoms. The summed E-state index contributed by atoms with van der Waals surface area (Å²) in [5.41, 5.74) is 2.07. The highest BCUT2D eigenvalue weighted by atomic mass is 35.5. The Morgan fingerprint density at radius 1 is 1.32 bits per heavy atom. The van der Waals surface area contributed by atoms with Crippen molar-refractivity contribution in [3.8, 4) is 0 Å². The van der Waals surface area contributed by atoms with E-state index in [2.05, 4.69) is 15.6 Å². The van der Waals surface area contributed by atoms with E-state index < -0.39 is 0 Å². The number of aromatic nitrogens is 1. The summed E-state index contributed by atoms with van der Waals surface area (Å²) < 4.78 is 0. The van der Waals surface area contributed by atoms with Gasteiger partial charge in [-0.3, -0.25) is 9.69 Å². The lowest BCUT2D eigenvalue weighted by Gasteiger charge is -2.29. The molecule has 0 aliphatic carbocycles. The van der Waals surface area contributed by atoms with Gasteiger partial charge in [0.05, 0.1) is 23.6 Å². The Labute approximate surface area is 151 Å². The van der Waals surface area contributed by atoms with Crippen LogP contribution >= 0.6 is 11.6 Å². The fourth-order valence-corrected chi connectivity index (χ4v) is 2.65. The molecule has 1 aliphatic rings. The Bertz CT molecular complexity index is 807. The van der Waals surface area contributed by atoms with E-state index in [0.717, 1.165) is 6.42 Å². The third kappa shape index (κ3) is 3.58. The van der Waals surface area contributed by atoms with E-state index in [9.17, 15) is 9.59 Å². The van der Waals surface area contributed by atoms with Gasteiger partial charge in [-0.25, -0.2) is 9.78 Å². The van der Waals surface area contributed by atoms with E-state index >= 15 is 0 Å². The van der Waals surface area contributed by atoms with E-state index in [-0.39, 0.29) is 17.9 Å². The smallest absolute Gasteiger partial charge is 0.326 e. The highest BCUT2D eigenvalue weighted by Crippen LogP contribution is 2.32. The second-order valence-electron chi connectivity index (χ2n) is 5.93. The van der Waals surface area contributed by atoms with E-state index in [1.165, 1.54) is 0 Å². The lowest BCUT2D eigenvalue weighted by molar-refractivity contribution is -0.119. The molecule has 1 aromatic carbocycles. The predicted octanol–water partition coefficient (Wildman–Crippen LogP) is 4.08. The number of pyridine rings is 1. The number of hydrogen-bond acceptors (Lipinski definition) is 3. The molecule has 2 aromatic rings. The average molecular weight is 359 g/mol. The van der Waals surface area contributed by atoms with Crippen LogP contribution in [0.1, 0.15) is 26.0 Å². The molecular formula is C18H19ClN4O2. The van der Waals surface area contributed by atoms with Gasteiger partial charge in [-0.1, -0.05) is 25.4 Å². The molecule has 1 aliphatic heterocycles. The molecule has 0 radical (unpaired) electrons. The minimum absolute atomic E-state index is 0.0654. The SMILES string of the molecule is CC[C@@H](C)C(=O)Nc1ccc2c(n1)CNC(=O)N2c1ccc(Cl)cc1. The Balaban J connectivity index is 1.91. The highest BCUT2D eigenvalue weighted by molar-refractivity contribution is 6.30. The van der Waals surface area contributed by atoms with Crippen molar-refractivity contribution in [3.05, 3.63) is 47.1 Å². The molecule has 25 heavy (non-hydrogen) atoms. The number of amides is 3. The summed E-state index contributed by atoms with van der Waals surface area (Å²) in [5, 5.41) is 6.21. The zero-order chi connectivity index (χ0) is 18.0. The zero-order valence-corrected chi connectivity index (χ0v) is 14.8. The molecule has 3 rings (SSSR count). The number of hydrogen-bond donors (Lipinski definition) is 2. The van der Waals surface area contributed by atoms with Crippen molar-refractivity contribution in [1.29, 1.82) is 0 Å². The molecule has 0 fully saturated rings. The zero-order valence-electron chi connectivity index (χ0n) is 14.0. The lowest BCUT2D eigenvalue weighted by atomic mass is 10.1. The largest absolute Gasteiger partial charge is 0.332 e. The second kappa shape index (κ2) is 7.11. The van der Waals surface area contributed by atoms with Gasteiger partial charge in [-0.05, 0) is 42.8 Å². The first-order valence-corrected chi connectivity index (χ1v) is 8.51. The minimum Gasteiger partial charge on any atom is -0.332 e. The number of urea groups is 1. The molecule has 2 N–H and O–H groups in total. The molecule has 2 heterocycles. The standard InChI is InChI=1S/C18H19ClN4O2/c1-3-11(2)17(24)22-16-9-8-15-14(21-16)10-20-18(25)23(15)13-6-4-12(19)5-7-13/h4-9,11H,3,10H2,1-2H3,(H,20,25)(H,21,22,24)/t11-/m1/s1. The Morgan fingerprint density at radius 3 is 2.72 bits per heavy atom. The average Bonchev–Trinajstić information content (AvgIpc) is 2.62. The van der Waals surface area contributed by atoms with Crippen molar-refractivity contribution in [1.82, 2.24) is 10.3 Å². The number of fused-ring (bicyclic) bond motifs is 1. The van der Waals surface area contributed by atoms with Gasteiger partial charge in [0.2, 0.25) is 5.91 Å². The topological polar surface area (TPSA) is 74.3 Å². The Morgan fingerprint density at radius 2 is 2.04 bits per heavy atom. The van der Waals surface area contributed by atoms with Gasteiger partial charge in [-0.2, -0.15) is 0 Å². The van der Waals surface area contributed by atoms with Gasteiger partial charge >= 0.3 is 6.03 Å². The number of carbonyl (C=O) groups excluding carboxylic acids is 2. The molecule has 0 saturated heterocycles. The monoisotopic (exact) mass is 358 g/mol. The van der Waals surface area contributed by atoms with Gasteiger partial charge in [-0.15, -0.1) is 0 Å². The van der Waals surface area contributed by atoms with Crippen LogP contribution in [0, 0.1) is 5.92 Å². The number of halogens is 1. The van der Waals surface area contributed by atoms with Crippen LogP contribution in [0.2, 0.25) is 5.02 Å². The fourth-order valence-electron chi connectivity index (χ4n) is 2.53. The molecule has 3 amide bonds. The molecule has 1 aromatic heterocycles. The van der Waals surface area contributed by atoms with Crippen molar-refractivity contribution >= 4 is 40.7 Å². The van der Waals surface area contributed by atoms with Gasteiger partial charge in [0.25, 0.3) is 0 Å². The number of rotatable bonds is 4. The van der Waals surface area contributed by atoms with Gasteiger partial charge in [0, 0.05) is 10.9 Å². The van der Waals surface area contributed by atoms with E-state index in [4.69, 9.17) is 11.6 Å². The van der Waals surface area contributed by atoms with Crippen molar-refractivity contribution < 1.29 is 9.59 Å². The first-order valence-electron chi connectivity index (χ1n) is 8.14. The maximum atomic E-state index is 12.3. The minimum atomic E-state index is -0.229. The molecule has 7 heteroatoms. The summed E-state index contributed by atoms with van der Waals surface area (Å²) >= 11 is 5.92. The number of anilines is 3. The van der Waals surface area contributed by atoms with Gasteiger partial charge < -0.3 is 10.6 Å². The molecule has 130 valence electrons. The molecule has 1 atom stereocenters. The number of benzene rings is 1. The second-order valence-corrected chi connectivity index (χ2v) is 6.37.